The summed E-state index contributed by atoms with van der Waals surface area (Å²) >= 11 is 0. The maximum Gasteiger partial charge on any atom is 0.337 e. The molecule has 0 spiro atoms. The van der Waals surface area contributed by atoms with Gasteiger partial charge in [-0.2, -0.15) is 0 Å². The summed E-state index contributed by atoms with van der Waals surface area (Å²) in [4.78, 5) is 27.6. The van der Waals surface area contributed by atoms with Crippen LogP contribution in [0, 0.1) is 0 Å². The normalized spacial score (nSPS) is 9.72. The number of urea groups is 1. The molecule has 0 unspecified atom stereocenters. The van der Waals surface area contributed by atoms with Crippen LogP contribution < -0.4 is 30.4 Å². The smallest absolute Gasteiger partial charge is 0.337 e. The largest absolute Gasteiger partial charge is 0.493 e. The third kappa shape index (κ3) is 4.50. The second-order valence-electron chi connectivity index (χ2n) is 4.68. The van der Waals surface area contributed by atoms with E-state index in [1.54, 1.807) is 12.1 Å². The lowest BCUT2D eigenvalue weighted by molar-refractivity contribution is 0.0938. The van der Waals surface area contributed by atoms with Crippen LogP contribution in [-0.4, -0.2) is 38.3 Å². The minimum atomic E-state index is -0.642. The molecule has 1 aromatic carbocycles. The molecule has 1 heterocycles. The summed E-state index contributed by atoms with van der Waals surface area (Å²) in [5.74, 6) is 0.709. The van der Waals surface area contributed by atoms with Gasteiger partial charge in [0.2, 0.25) is 5.75 Å². The Morgan fingerprint density at radius 2 is 1.52 bits per heavy atom. The van der Waals surface area contributed by atoms with Crippen molar-refractivity contribution in [1.29, 1.82) is 0 Å². The number of nitrogens with zero attached hydrogens (tertiary/aromatic N) is 1. The van der Waals surface area contributed by atoms with Gasteiger partial charge in [-0.05, 0) is 12.1 Å². The molecule has 0 bridgehead atoms. The van der Waals surface area contributed by atoms with Crippen LogP contribution in [0.1, 0.15) is 10.4 Å². The van der Waals surface area contributed by atoms with Gasteiger partial charge in [0.15, 0.2) is 11.5 Å². The highest BCUT2D eigenvalue weighted by atomic mass is 16.5. The zero-order chi connectivity index (χ0) is 18.2. The van der Waals surface area contributed by atoms with Gasteiger partial charge in [-0.3, -0.25) is 15.2 Å². The fourth-order valence-corrected chi connectivity index (χ4v) is 2.00. The van der Waals surface area contributed by atoms with Crippen LogP contribution in [0.25, 0.3) is 0 Å². The van der Waals surface area contributed by atoms with Gasteiger partial charge >= 0.3 is 6.03 Å². The standard InChI is InChI=1S/C16H18N4O5/c1-23-12-8-11(9-13(24-2)14(12)25-3)18-16(22)20-19-15(21)10-4-6-17-7-5-10/h4-9H,1-3H3,(H,19,21)(H2,18,20,22). The van der Waals surface area contributed by atoms with Crippen LogP contribution in [0.5, 0.6) is 17.2 Å². The van der Waals surface area contributed by atoms with E-state index in [1.165, 1.54) is 45.9 Å². The molecule has 0 atom stereocenters. The molecule has 0 aliphatic heterocycles. The third-order valence-electron chi connectivity index (χ3n) is 3.15. The Hall–Kier alpha value is -3.49. The van der Waals surface area contributed by atoms with E-state index in [-0.39, 0.29) is 0 Å². The lowest BCUT2D eigenvalue weighted by Gasteiger charge is -2.15. The Labute approximate surface area is 144 Å². The summed E-state index contributed by atoms with van der Waals surface area (Å²) in [6, 6.07) is 5.52. The number of amides is 3. The first-order chi connectivity index (χ1) is 12.1. The fourth-order valence-electron chi connectivity index (χ4n) is 2.00. The van der Waals surface area contributed by atoms with Crippen LogP contribution in [0.15, 0.2) is 36.7 Å². The molecule has 3 N–H and O–H groups in total. The molecule has 2 rings (SSSR count). The highest BCUT2D eigenvalue weighted by Crippen LogP contribution is 2.39. The van der Waals surface area contributed by atoms with Gasteiger partial charge in [0.05, 0.1) is 27.0 Å². The van der Waals surface area contributed by atoms with Crippen molar-refractivity contribution in [3.05, 3.63) is 42.2 Å². The van der Waals surface area contributed by atoms with Gasteiger partial charge in [0.1, 0.15) is 0 Å². The molecule has 3 amide bonds. The molecule has 0 saturated heterocycles. The van der Waals surface area contributed by atoms with Crippen molar-refractivity contribution >= 4 is 17.6 Å². The van der Waals surface area contributed by atoms with Crippen LogP contribution in [0.4, 0.5) is 10.5 Å². The molecule has 0 saturated carbocycles. The number of pyridine rings is 1. The molecule has 0 aliphatic rings. The number of aromatic nitrogens is 1. The minimum Gasteiger partial charge on any atom is -0.493 e. The second kappa shape index (κ2) is 8.39. The van der Waals surface area contributed by atoms with E-state index in [9.17, 15) is 9.59 Å². The number of nitrogens with one attached hydrogen (secondary N) is 3. The first-order valence-corrected chi connectivity index (χ1v) is 7.16. The van der Waals surface area contributed by atoms with Gasteiger partial charge in [-0.15, -0.1) is 0 Å². The van der Waals surface area contributed by atoms with Crippen molar-refractivity contribution in [3.63, 3.8) is 0 Å². The molecule has 1 aromatic heterocycles. The zero-order valence-corrected chi connectivity index (χ0v) is 14.0. The number of hydrogen-bond acceptors (Lipinski definition) is 6. The average molecular weight is 346 g/mol. The number of carbonyl (C=O) groups excluding carboxylic acids is 2. The molecule has 2 aromatic rings. The quantitative estimate of drug-likeness (QED) is 0.709. The van der Waals surface area contributed by atoms with E-state index in [2.05, 4.69) is 21.2 Å². The number of carbonyl (C=O) groups is 2. The van der Waals surface area contributed by atoms with Gasteiger partial charge in [-0.25, -0.2) is 10.2 Å². The predicted octanol–water partition coefficient (Wildman–Crippen LogP) is 1.57. The molecular weight excluding hydrogens is 328 g/mol. The number of rotatable bonds is 5. The molecule has 25 heavy (non-hydrogen) atoms. The van der Waals surface area contributed by atoms with Crippen molar-refractivity contribution in [2.75, 3.05) is 26.6 Å². The Morgan fingerprint density at radius 3 is 2.04 bits per heavy atom. The Morgan fingerprint density at radius 1 is 0.920 bits per heavy atom. The number of benzene rings is 1. The van der Waals surface area contributed by atoms with E-state index >= 15 is 0 Å². The average Bonchev–Trinajstić information content (AvgIpc) is 2.65. The van der Waals surface area contributed by atoms with Gasteiger partial charge in [0.25, 0.3) is 5.91 Å². The van der Waals surface area contributed by atoms with Crippen molar-refractivity contribution in [3.8, 4) is 17.2 Å². The Kier molecular flexibility index (Phi) is 5.99. The van der Waals surface area contributed by atoms with Crippen LogP contribution >= 0.6 is 0 Å². The summed E-state index contributed by atoms with van der Waals surface area (Å²) in [5, 5.41) is 2.56. The molecule has 0 fully saturated rings. The van der Waals surface area contributed by atoms with Crippen molar-refractivity contribution in [2.24, 2.45) is 0 Å². The Balaban J connectivity index is 2.02. The van der Waals surface area contributed by atoms with E-state index in [4.69, 9.17) is 14.2 Å². The zero-order valence-electron chi connectivity index (χ0n) is 14.0. The van der Waals surface area contributed by atoms with Crippen molar-refractivity contribution in [2.45, 2.75) is 0 Å². The number of ether oxygens (including phenoxy) is 3. The molecule has 9 heteroatoms. The minimum absolute atomic E-state index is 0.364. The topological polar surface area (TPSA) is 111 Å². The third-order valence-corrected chi connectivity index (χ3v) is 3.15. The SMILES string of the molecule is COc1cc(NC(=O)NNC(=O)c2ccncc2)cc(OC)c1OC. The number of hydrogen-bond donors (Lipinski definition) is 3. The summed E-state index contributed by atoms with van der Waals surface area (Å²) in [7, 11) is 4.42. The Bertz CT molecular complexity index is 726. The first kappa shape index (κ1) is 17.9. The molecular formula is C16H18N4O5. The van der Waals surface area contributed by atoms with E-state index < -0.39 is 11.9 Å². The lowest BCUT2D eigenvalue weighted by atomic mass is 10.2. The number of hydrazine groups is 1. The van der Waals surface area contributed by atoms with Gasteiger partial charge < -0.3 is 19.5 Å². The van der Waals surface area contributed by atoms with Crippen LogP contribution in [0.2, 0.25) is 0 Å². The number of methoxy groups -OCH3 is 3. The maximum atomic E-state index is 11.9. The maximum absolute atomic E-state index is 11.9. The summed E-state index contributed by atoms with van der Waals surface area (Å²) < 4.78 is 15.6. The summed E-state index contributed by atoms with van der Waals surface area (Å²) in [6.45, 7) is 0. The second-order valence-corrected chi connectivity index (χ2v) is 4.68. The van der Waals surface area contributed by atoms with E-state index in [0.717, 1.165) is 0 Å². The molecule has 0 radical (unpaired) electrons. The van der Waals surface area contributed by atoms with Crippen molar-refractivity contribution in [1.82, 2.24) is 15.8 Å². The van der Waals surface area contributed by atoms with Gasteiger partial charge in [0, 0.05) is 30.1 Å². The predicted molar refractivity (Wildman–Crippen MR) is 90.0 cm³/mol. The fraction of sp³-hybridized carbons (Fsp3) is 0.188. The molecule has 0 aliphatic carbocycles. The molecule has 9 nitrogen and oxygen atoms in total. The summed E-state index contributed by atoms with van der Waals surface area (Å²) in [5.41, 5.74) is 5.29. The highest BCUT2D eigenvalue weighted by Gasteiger charge is 2.14. The lowest BCUT2D eigenvalue weighted by Crippen LogP contribution is -2.43. The molecule has 132 valence electrons. The van der Waals surface area contributed by atoms with Crippen LogP contribution in [-0.2, 0) is 0 Å². The summed E-state index contributed by atoms with van der Waals surface area (Å²) in [6.07, 6.45) is 2.95. The van der Waals surface area contributed by atoms with E-state index in [0.29, 0.717) is 28.5 Å². The van der Waals surface area contributed by atoms with E-state index in [1.807, 2.05) is 0 Å². The first-order valence-electron chi connectivity index (χ1n) is 7.16. The number of anilines is 1. The van der Waals surface area contributed by atoms with Crippen molar-refractivity contribution < 1.29 is 23.8 Å². The highest BCUT2D eigenvalue weighted by molar-refractivity contribution is 5.97. The monoisotopic (exact) mass is 346 g/mol. The van der Waals surface area contributed by atoms with Crippen LogP contribution in [0.3, 0.4) is 0 Å². The van der Waals surface area contributed by atoms with Gasteiger partial charge in [-0.1, -0.05) is 0 Å².